The van der Waals surface area contributed by atoms with Crippen LogP contribution >= 0.6 is 0 Å². The molecule has 3 rings (SSSR count). The Morgan fingerprint density at radius 3 is 2.26 bits per heavy atom. The van der Waals surface area contributed by atoms with Gasteiger partial charge in [0, 0.05) is 12.3 Å². The maximum absolute atomic E-state index is 11.7. The molecular formula is C14H20N2O2S. The van der Waals surface area contributed by atoms with Crippen molar-refractivity contribution in [3.8, 4) is 0 Å². The highest BCUT2D eigenvalue weighted by Crippen LogP contribution is 2.46. The number of nitrogen functional groups attached to an aromatic ring is 1. The lowest BCUT2D eigenvalue weighted by molar-refractivity contribution is 0.568. The fourth-order valence-electron chi connectivity index (χ4n) is 2.70. The van der Waals surface area contributed by atoms with Gasteiger partial charge in [-0.3, -0.25) is 0 Å². The van der Waals surface area contributed by atoms with Gasteiger partial charge in [-0.2, -0.15) is 0 Å². The van der Waals surface area contributed by atoms with Crippen LogP contribution in [0.3, 0.4) is 0 Å². The van der Waals surface area contributed by atoms with Gasteiger partial charge in [0.1, 0.15) is 0 Å². The van der Waals surface area contributed by atoms with Gasteiger partial charge in [0.15, 0.2) is 9.84 Å². The van der Waals surface area contributed by atoms with Crippen molar-refractivity contribution in [2.24, 2.45) is 11.8 Å². The Morgan fingerprint density at radius 1 is 1.21 bits per heavy atom. The summed E-state index contributed by atoms with van der Waals surface area (Å²) in [6.45, 7) is 0. The van der Waals surface area contributed by atoms with E-state index in [1.54, 1.807) is 12.1 Å². The van der Waals surface area contributed by atoms with Crippen LogP contribution in [0.1, 0.15) is 25.7 Å². The fourth-order valence-corrected chi connectivity index (χ4v) is 3.54. The zero-order chi connectivity index (χ0) is 13.6. The second kappa shape index (κ2) is 4.40. The number of nitrogens with two attached hydrogens (primary N) is 1. The first kappa shape index (κ1) is 12.8. The van der Waals surface area contributed by atoms with Gasteiger partial charge >= 0.3 is 0 Å². The summed E-state index contributed by atoms with van der Waals surface area (Å²) in [4.78, 5) is 0.225. The van der Waals surface area contributed by atoms with Crippen molar-refractivity contribution in [2.75, 3.05) is 17.3 Å². The van der Waals surface area contributed by atoms with Crippen LogP contribution in [-0.4, -0.2) is 20.7 Å². The lowest BCUT2D eigenvalue weighted by Gasteiger charge is -2.21. The van der Waals surface area contributed by atoms with E-state index in [4.69, 9.17) is 5.73 Å². The molecule has 0 aliphatic heterocycles. The molecule has 0 radical (unpaired) electrons. The van der Waals surface area contributed by atoms with Crippen LogP contribution in [-0.2, 0) is 9.84 Å². The van der Waals surface area contributed by atoms with Crippen LogP contribution in [0, 0.1) is 11.8 Å². The van der Waals surface area contributed by atoms with E-state index >= 15 is 0 Å². The van der Waals surface area contributed by atoms with E-state index in [9.17, 15) is 8.42 Å². The van der Waals surface area contributed by atoms with Crippen molar-refractivity contribution in [1.82, 2.24) is 0 Å². The molecule has 2 saturated carbocycles. The summed E-state index contributed by atoms with van der Waals surface area (Å²) in [6, 6.07) is 5.67. The van der Waals surface area contributed by atoms with E-state index in [1.165, 1.54) is 31.9 Å². The SMILES string of the molecule is CS(=O)(=O)c1cccc(NC(C2CC2)C2CC2)c1N. The van der Waals surface area contributed by atoms with Crippen LogP contribution in [0.5, 0.6) is 0 Å². The summed E-state index contributed by atoms with van der Waals surface area (Å²) in [7, 11) is -3.27. The molecule has 0 heterocycles. The predicted octanol–water partition coefficient (Wildman–Crippen LogP) is 2.27. The van der Waals surface area contributed by atoms with E-state index in [0.29, 0.717) is 11.7 Å². The highest BCUT2D eigenvalue weighted by molar-refractivity contribution is 7.90. The molecule has 0 bridgehead atoms. The molecule has 4 nitrogen and oxygen atoms in total. The lowest BCUT2D eigenvalue weighted by atomic mass is 10.1. The number of hydrogen-bond acceptors (Lipinski definition) is 4. The first-order valence-electron chi connectivity index (χ1n) is 6.82. The van der Waals surface area contributed by atoms with Crippen molar-refractivity contribution in [1.29, 1.82) is 0 Å². The van der Waals surface area contributed by atoms with Crippen molar-refractivity contribution in [3.63, 3.8) is 0 Å². The molecule has 1 aromatic rings. The average Bonchev–Trinajstić information content (AvgIpc) is 3.19. The van der Waals surface area contributed by atoms with Gasteiger partial charge < -0.3 is 11.1 Å². The largest absolute Gasteiger partial charge is 0.396 e. The van der Waals surface area contributed by atoms with Crippen molar-refractivity contribution < 1.29 is 8.42 Å². The Hall–Kier alpha value is -1.23. The maximum atomic E-state index is 11.7. The van der Waals surface area contributed by atoms with E-state index < -0.39 is 9.84 Å². The van der Waals surface area contributed by atoms with Crippen LogP contribution in [0.15, 0.2) is 23.1 Å². The van der Waals surface area contributed by atoms with Gasteiger partial charge in [0.2, 0.25) is 0 Å². The number of hydrogen-bond donors (Lipinski definition) is 2. The molecule has 2 aliphatic rings. The first-order valence-corrected chi connectivity index (χ1v) is 8.71. The third-order valence-corrected chi connectivity index (χ3v) is 5.20. The van der Waals surface area contributed by atoms with E-state index in [1.807, 2.05) is 6.07 Å². The van der Waals surface area contributed by atoms with Gasteiger partial charge in [-0.05, 0) is 49.7 Å². The molecule has 0 amide bonds. The molecule has 19 heavy (non-hydrogen) atoms. The maximum Gasteiger partial charge on any atom is 0.177 e. The van der Waals surface area contributed by atoms with Crippen LogP contribution in [0.4, 0.5) is 11.4 Å². The molecule has 0 aromatic heterocycles. The van der Waals surface area contributed by atoms with Gasteiger partial charge in [-0.15, -0.1) is 0 Å². The third-order valence-electron chi connectivity index (χ3n) is 4.05. The summed E-state index contributed by atoms with van der Waals surface area (Å²) in [5, 5.41) is 3.49. The number of sulfone groups is 1. The van der Waals surface area contributed by atoms with Crippen molar-refractivity contribution >= 4 is 21.2 Å². The predicted molar refractivity (Wildman–Crippen MR) is 76.8 cm³/mol. The Balaban J connectivity index is 1.88. The Labute approximate surface area is 114 Å². The third kappa shape index (κ3) is 2.71. The Kier molecular flexibility index (Phi) is 2.96. The molecule has 0 spiro atoms. The normalized spacial score (nSPS) is 19.7. The minimum Gasteiger partial charge on any atom is -0.396 e. The number of anilines is 2. The molecule has 2 fully saturated rings. The molecule has 0 saturated heterocycles. The minimum atomic E-state index is -3.27. The van der Waals surface area contributed by atoms with Gasteiger partial charge in [0.25, 0.3) is 0 Å². The first-order chi connectivity index (χ1) is 8.97. The van der Waals surface area contributed by atoms with Crippen LogP contribution in [0.25, 0.3) is 0 Å². The quantitative estimate of drug-likeness (QED) is 0.812. The molecule has 1 aromatic carbocycles. The summed E-state index contributed by atoms with van der Waals surface area (Å²) in [5.74, 6) is 1.49. The van der Waals surface area contributed by atoms with E-state index in [-0.39, 0.29) is 4.90 Å². The molecule has 0 unspecified atom stereocenters. The number of rotatable bonds is 5. The topological polar surface area (TPSA) is 72.2 Å². The lowest BCUT2D eigenvalue weighted by Crippen LogP contribution is -2.25. The smallest absolute Gasteiger partial charge is 0.177 e. The molecule has 2 aliphatic carbocycles. The van der Waals surface area contributed by atoms with Gasteiger partial charge in [-0.1, -0.05) is 6.07 Å². The average molecular weight is 280 g/mol. The second-order valence-electron chi connectivity index (χ2n) is 5.83. The Bertz CT molecular complexity index is 577. The number of nitrogens with one attached hydrogen (secondary N) is 1. The fraction of sp³-hybridized carbons (Fsp3) is 0.571. The van der Waals surface area contributed by atoms with Crippen molar-refractivity contribution in [3.05, 3.63) is 18.2 Å². The standard InChI is InChI=1S/C14H20N2O2S/c1-19(17,18)12-4-2-3-11(13(12)15)16-14(9-5-6-9)10-7-8-10/h2-4,9-10,14,16H,5-8,15H2,1H3. The monoisotopic (exact) mass is 280 g/mol. The molecule has 104 valence electrons. The molecule has 5 heteroatoms. The Morgan fingerprint density at radius 2 is 1.79 bits per heavy atom. The molecule has 0 atom stereocenters. The zero-order valence-electron chi connectivity index (χ0n) is 11.1. The summed E-state index contributed by atoms with van der Waals surface area (Å²) < 4.78 is 23.4. The summed E-state index contributed by atoms with van der Waals surface area (Å²) >= 11 is 0. The van der Waals surface area contributed by atoms with Gasteiger partial charge in [0.05, 0.1) is 16.3 Å². The van der Waals surface area contributed by atoms with Gasteiger partial charge in [-0.25, -0.2) is 8.42 Å². The molecule has 3 N–H and O–H groups in total. The number of benzene rings is 1. The highest BCUT2D eigenvalue weighted by atomic mass is 32.2. The number of para-hydroxylation sites is 1. The summed E-state index contributed by atoms with van der Waals surface area (Å²) in [5.41, 5.74) is 7.15. The van der Waals surface area contributed by atoms with Crippen LogP contribution < -0.4 is 11.1 Å². The van der Waals surface area contributed by atoms with Crippen molar-refractivity contribution in [2.45, 2.75) is 36.6 Å². The highest BCUT2D eigenvalue weighted by Gasteiger charge is 2.41. The van der Waals surface area contributed by atoms with E-state index in [0.717, 1.165) is 17.5 Å². The zero-order valence-corrected chi connectivity index (χ0v) is 11.9. The molecular weight excluding hydrogens is 260 g/mol. The van der Waals surface area contributed by atoms with Crippen LogP contribution in [0.2, 0.25) is 0 Å². The van der Waals surface area contributed by atoms with E-state index in [2.05, 4.69) is 5.32 Å². The second-order valence-corrected chi connectivity index (χ2v) is 7.82. The summed E-state index contributed by atoms with van der Waals surface area (Å²) in [6.07, 6.45) is 6.31. The minimum absolute atomic E-state index is 0.225.